The Morgan fingerprint density at radius 3 is 2.81 bits per heavy atom. The summed E-state index contributed by atoms with van der Waals surface area (Å²) in [6.07, 6.45) is -0.263. The molecule has 1 atom stereocenters. The lowest BCUT2D eigenvalue weighted by Gasteiger charge is -2.27. The van der Waals surface area contributed by atoms with Crippen LogP contribution in [0.2, 0.25) is 0 Å². The molecule has 1 unspecified atom stereocenters. The molecule has 116 valence electrons. The molecular formula is C12H17N3O5S. The van der Waals surface area contributed by atoms with E-state index >= 15 is 0 Å². The molecule has 0 amide bonds. The SMILES string of the molecule is CN(CC1CNCCO1)S(=O)(=O)c1ccccc1[N+](=O)[O-]. The molecule has 0 saturated carbocycles. The standard InChI is InChI=1S/C12H17N3O5S/c1-14(9-10-8-13-6-7-20-10)21(18,19)12-5-3-2-4-11(12)15(16)17/h2-5,10,13H,6-9H2,1H3. The van der Waals surface area contributed by atoms with Crippen molar-refractivity contribution in [3.8, 4) is 0 Å². The molecule has 1 fully saturated rings. The summed E-state index contributed by atoms with van der Waals surface area (Å²) in [5.74, 6) is 0. The summed E-state index contributed by atoms with van der Waals surface area (Å²) in [6.45, 7) is 1.94. The van der Waals surface area contributed by atoms with Crippen molar-refractivity contribution < 1.29 is 18.1 Å². The molecule has 8 nitrogen and oxygen atoms in total. The van der Waals surface area contributed by atoms with E-state index in [2.05, 4.69) is 5.32 Å². The van der Waals surface area contributed by atoms with Gasteiger partial charge in [-0.1, -0.05) is 12.1 Å². The van der Waals surface area contributed by atoms with Gasteiger partial charge in [0.1, 0.15) is 0 Å². The first-order valence-electron chi connectivity index (χ1n) is 6.45. The van der Waals surface area contributed by atoms with Crippen LogP contribution in [-0.4, -0.2) is 57.0 Å². The highest BCUT2D eigenvalue weighted by Crippen LogP contribution is 2.25. The summed E-state index contributed by atoms with van der Waals surface area (Å²) < 4.78 is 31.5. The topological polar surface area (TPSA) is 102 Å². The zero-order valence-corrected chi connectivity index (χ0v) is 12.4. The summed E-state index contributed by atoms with van der Waals surface area (Å²) in [4.78, 5) is 9.97. The number of sulfonamides is 1. The Hall–Kier alpha value is -1.55. The number of ether oxygens (including phenoxy) is 1. The number of rotatable bonds is 5. The molecule has 0 aromatic heterocycles. The smallest absolute Gasteiger partial charge is 0.289 e. The highest BCUT2D eigenvalue weighted by molar-refractivity contribution is 7.89. The van der Waals surface area contributed by atoms with Crippen LogP contribution < -0.4 is 5.32 Å². The van der Waals surface area contributed by atoms with Gasteiger partial charge >= 0.3 is 0 Å². The maximum atomic E-state index is 12.5. The van der Waals surface area contributed by atoms with E-state index in [1.807, 2.05) is 0 Å². The minimum atomic E-state index is -3.93. The second kappa shape index (κ2) is 6.48. The normalized spacial score (nSPS) is 19.6. The molecule has 1 aromatic carbocycles. The quantitative estimate of drug-likeness (QED) is 0.615. The molecule has 1 aromatic rings. The van der Waals surface area contributed by atoms with Gasteiger partial charge in [-0.3, -0.25) is 10.1 Å². The Labute approximate surface area is 122 Å². The predicted octanol–water partition coefficient (Wildman–Crippen LogP) is 0.204. The van der Waals surface area contributed by atoms with E-state index in [4.69, 9.17) is 4.74 Å². The summed E-state index contributed by atoms with van der Waals surface area (Å²) in [6, 6.07) is 5.32. The number of benzene rings is 1. The van der Waals surface area contributed by atoms with Gasteiger partial charge < -0.3 is 10.1 Å². The minimum Gasteiger partial charge on any atom is -0.374 e. The molecule has 2 rings (SSSR count). The maximum absolute atomic E-state index is 12.5. The van der Waals surface area contributed by atoms with Crippen molar-refractivity contribution in [1.82, 2.24) is 9.62 Å². The maximum Gasteiger partial charge on any atom is 0.289 e. The fourth-order valence-corrected chi connectivity index (χ4v) is 3.47. The molecule has 0 radical (unpaired) electrons. The van der Waals surface area contributed by atoms with Crippen molar-refractivity contribution in [2.75, 3.05) is 33.3 Å². The zero-order valence-electron chi connectivity index (χ0n) is 11.6. The van der Waals surface area contributed by atoms with Gasteiger partial charge in [0.2, 0.25) is 10.0 Å². The highest BCUT2D eigenvalue weighted by atomic mass is 32.2. The lowest BCUT2D eigenvalue weighted by atomic mass is 10.3. The van der Waals surface area contributed by atoms with Crippen LogP contribution in [0.1, 0.15) is 0 Å². The molecule has 21 heavy (non-hydrogen) atoms. The molecule has 1 aliphatic heterocycles. The third kappa shape index (κ3) is 3.56. The predicted molar refractivity (Wildman–Crippen MR) is 75.5 cm³/mol. The van der Waals surface area contributed by atoms with Crippen molar-refractivity contribution in [2.45, 2.75) is 11.0 Å². The number of nitrogens with one attached hydrogen (secondary N) is 1. The fraction of sp³-hybridized carbons (Fsp3) is 0.500. The molecule has 0 spiro atoms. The first-order chi connectivity index (χ1) is 9.93. The second-order valence-corrected chi connectivity index (χ2v) is 6.72. The second-order valence-electron chi connectivity index (χ2n) is 4.71. The van der Waals surface area contributed by atoms with E-state index in [0.29, 0.717) is 13.2 Å². The van der Waals surface area contributed by atoms with Crippen LogP contribution in [0.5, 0.6) is 0 Å². The van der Waals surface area contributed by atoms with Gasteiger partial charge in [-0.25, -0.2) is 8.42 Å². The summed E-state index contributed by atoms with van der Waals surface area (Å²) in [7, 11) is -2.54. The van der Waals surface area contributed by atoms with Crippen LogP contribution in [0.25, 0.3) is 0 Å². The van der Waals surface area contributed by atoms with Crippen molar-refractivity contribution in [2.24, 2.45) is 0 Å². The van der Waals surface area contributed by atoms with Crippen molar-refractivity contribution in [1.29, 1.82) is 0 Å². The summed E-state index contributed by atoms with van der Waals surface area (Å²) >= 11 is 0. The Morgan fingerprint density at radius 1 is 1.48 bits per heavy atom. The third-order valence-corrected chi connectivity index (χ3v) is 5.09. The van der Waals surface area contributed by atoms with E-state index in [1.165, 1.54) is 31.3 Å². The van der Waals surface area contributed by atoms with Crippen molar-refractivity contribution in [3.63, 3.8) is 0 Å². The number of hydrogen-bond acceptors (Lipinski definition) is 6. The average Bonchev–Trinajstić information content (AvgIpc) is 2.48. The minimum absolute atomic E-state index is 0.140. The zero-order chi connectivity index (χ0) is 15.5. The van der Waals surface area contributed by atoms with Gasteiger partial charge in [0.15, 0.2) is 4.90 Å². The molecule has 0 aliphatic carbocycles. The molecule has 1 heterocycles. The van der Waals surface area contributed by atoms with Crippen LogP contribution >= 0.6 is 0 Å². The van der Waals surface area contributed by atoms with E-state index in [9.17, 15) is 18.5 Å². The number of nitro benzene ring substituents is 1. The van der Waals surface area contributed by atoms with E-state index < -0.39 is 20.6 Å². The molecular weight excluding hydrogens is 298 g/mol. The Bertz CT molecular complexity index is 613. The molecule has 1 aliphatic rings. The highest BCUT2D eigenvalue weighted by Gasteiger charge is 2.30. The largest absolute Gasteiger partial charge is 0.374 e. The first-order valence-corrected chi connectivity index (χ1v) is 7.89. The fourth-order valence-electron chi connectivity index (χ4n) is 2.12. The third-order valence-electron chi connectivity index (χ3n) is 3.22. The van der Waals surface area contributed by atoms with Gasteiger partial charge in [0.05, 0.1) is 17.6 Å². The van der Waals surface area contributed by atoms with Gasteiger partial charge in [-0.2, -0.15) is 4.31 Å². The van der Waals surface area contributed by atoms with Crippen LogP contribution in [0.4, 0.5) is 5.69 Å². The Balaban J connectivity index is 2.22. The Kier molecular flexibility index (Phi) is 4.88. The van der Waals surface area contributed by atoms with Gasteiger partial charge in [-0.15, -0.1) is 0 Å². The lowest BCUT2D eigenvalue weighted by molar-refractivity contribution is -0.387. The van der Waals surface area contributed by atoms with E-state index in [-0.39, 0.29) is 17.5 Å². The van der Waals surface area contributed by atoms with E-state index in [0.717, 1.165) is 10.8 Å². The molecule has 0 bridgehead atoms. The van der Waals surface area contributed by atoms with Crippen LogP contribution in [0, 0.1) is 10.1 Å². The molecule has 9 heteroatoms. The number of likely N-dealkylation sites (N-methyl/N-ethyl adjacent to an activating group) is 1. The van der Waals surface area contributed by atoms with Crippen molar-refractivity contribution >= 4 is 15.7 Å². The number of hydrogen-bond donors (Lipinski definition) is 1. The van der Waals surface area contributed by atoms with Gasteiger partial charge in [0.25, 0.3) is 5.69 Å². The van der Waals surface area contributed by atoms with Crippen LogP contribution in [-0.2, 0) is 14.8 Å². The van der Waals surface area contributed by atoms with Gasteiger partial charge in [0, 0.05) is 32.7 Å². The summed E-state index contributed by atoms with van der Waals surface area (Å²) in [5, 5.41) is 14.1. The summed E-state index contributed by atoms with van der Waals surface area (Å²) in [5.41, 5.74) is -0.424. The van der Waals surface area contributed by atoms with Gasteiger partial charge in [-0.05, 0) is 6.07 Å². The van der Waals surface area contributed by atoms with E-state index in [1.54, 1.807) is 0 Å². The molecule has 1 N–H and O–H groups in total. The lowest BCUT2D eigenvalue weighted by Crippen LogP contribution is -2.45. The number of para-hydroxylation sites is 1. The van der Waals surface area contributed by atoms with Crippen molar-refractivity contribution in [3.05, 3.63) is 34.4 Å². The monoisotopic (exact) mass is 315 g/mol. The average molecular weight is 315 g/mol. The number of nitro groups is 1. The van der Waals surface area contributed by atoms with Crippen LogP contribution in [0.3, 0.4) is 0 Å². The number of morpholine rings is 1. The Morgan fingerprint density at radius 2 is 2.19 bits per heavy atom. The van der Waals surface area contributed by atoms with Crippen LogP contribution in [0.15, 0.2) is 29.2 Å². The molecule has 1 saturated heterocycles. The first kappa shape index (κ1) is 15.8. The number of nitrogens with zero attached hydrogens (tertiary/aromatic N) is 2.